The maximum atomic E-state index is 11.2. The molecular formula is C9H21NO6P2S. The van der Waals surface area contributed by atoms with Crippen molar-refractivity contribution in [1.82, 2.24) is 5.32 Å². The fourth-order valence-corrected chi connectivity index (χ4v) is 5.29. The third-order valence-electron chi connectivity index (χ3n) is 3.56. The van der Waals surface area contributed by atoms with E-state index in [-0.39, 0.29) is 18.4 Å². The Labute approximate surface area is 117 Å². The van der Waals surface area contributed by atoms with Crippen molar-refractivity contribution in [2.45, 2.75) is 31.2 Å². The minimum absolute atomic E-state index is 0.0894. The fraction of sp³-hybridized carbons (Fsp3) is 1.00. The molecule has 1 aliphatic rings. The number of nitrogens with one attached hydrogen (secondary N) is 1. The van der Waals surface area contributed by atoms with Crippen LogP contribution in [-0.4, -0.2) is 43.3 Å². The number of hydrogen-bond acceptors (Lipinski definition) is 4. The molecule has 114 valence electrons. The molecule has 10 heteroatoms. The molecule has 0 aromatic carbocycles. The maximum Gasteiger partial charge on any atom is 0.340 e. The van der Waals surface area contributed by atoms with Gasteiger partial charge in [-0.3, -0.25) is 9.13 Å². The lowest BCUT2D eigenvalue weighted by atomic mass is 9.85. The second kappa shape index (κ2) is 6.58. The first-order valence-electron chi connectivity index (χ1n) is 6.00. The lowest BCUT2D eigenvalue weighted by Crippen LogP contribution is -2.46. The minimum atomic E-state index is -4.83. The molecule has 0 aliphatic carbocycles. The highest BCUT2D eigenvalue weighted by Crippen LogP contribution is 2.61. The highest BCUT2D eigenvalue weighted by atomic mass is 32.1. The lowest BCUT2D eigenvalue weighted by molar-refractivity contribution is 0.231. The van der Waals surface area contributed by atoms with Crippen LogP contribution in [0.5, 0.6) is 0 Å². The molecule has 3 unspecified atom stereocenters. The summed E-state index contributed by atoms with van der Waals surface area (Å²) in [5.41, 5.74) is 0. The van der Waals surface area contributed by atoms with E-state index in [1.807, 2.05) is 6.92 Å². The highest BCUT2D eigenvalue weighted by molar-refractivity contribution is 7.80. The first kappa shape index (κ1) is 17.7. The van der Waals surface area contributed by atoms with Crippen LogP contribution in [0.25, 0.3) is 0 Å². The van der Waals surface area contributed by atoms with Gasteiger partial charge in [0.15, 0.2) is 5.40 Å². The molecule has 0 aromatic rings. The van der Waals surface area contributed by atoms with Crippen LogP contribution in [0.4, 0.5) is 0 Å². The van der Waals surface area contributed by atoms with Gasteiger partial charge in [-0.25, -0.2) is 0 Å². The molecule has 1 rings (SSSR count). The van der Waals surface area contributed by atoms with Crippen LogP contribution in [0.1, 0.15) is 19.8 Å². The third-order valence-corrected chi connectivity index (χ3v) is 7.86. The minimum Gasteiger partial charge on any atom is -0.324 e. The summed E-state index contributed by atoms with van der Waals surface area (Å²) < 4.78 is 22.5. The Hall–Kier alpha value is 0.610. The van der Waals surface area contributed by atoms with Crippen LogP contribution in [0.3, 0.4) is 0 Å². The molecule has 0 amide bonds. The van der Waals surface area contributed by atoms with Crippen molar-refractivity contribution in [2.24, 2.45) is 11.8 Å². The van der Waals surface area contributed by atoms with Gasteiger partial charge in [0.05, 0.1) is 0 Å². The van der Waals surface area contributed by atoms with Crippen LogP contribution in [0.15, 0.2) is 0 Å². The SMILES string of the molecule is CC1CC(CS)CNC1CC(P(=O)(O)O)P(=O)(O)O. The van der Waals surface area contributed by atoms with Crippen LogP contribution in [0, 0.1) is 11.8 Å². The van der Waals surface area contributed by atoms with E-state index in [1.54, 1.807) is 0 Å². The van der Waals surface area contributed by atoms with Crippen molar-refractivity contribution in [3.05, 3.63) is 0 Å². The number of hydrogen-bond donors (Lipinski definition) is 6. The van der Waals surface area contributed by atoms with E-state index in [1.165, 1.54) is 0 Å². The molecule has 0 bridgehead atoms. The number of piperidine rings is 1. The van der Waals surface area contributed by atoms with Crippen molar-refractivity contribution < 1.29 is 28.7 Å². The van der Waals surface area contributed by atoms with Crippen molar-refractivity contribution >= 4 is 27.8 Å². The monoisotopic (exact) mass is 333 g/mol. The zero-order valence-corrected chi connectivity index (χ0v) is 13.3. The van der Waals surface area contributed by atoms with Crippen LogP contribution >= 0.6 is 27.8 Å². The van der Waals surface area contributed by atoms with Crippen molar-refractivity contribution in [3.8, 4) is 0 Å². The zero-order chi connectivity index (χ0) is 14.8. The van der Waals surface area contributed by atoms with Crippen LogP contribution in [-0.2, 0) is 9.13 Å². The van der Waals surface area contributed by atoms with Gasteiger partial charge in [-0.15, -0.1) is 0 Å². The van der Waals surface area contributed by atoms with Crippen LogP contribution in [0.2, 0.25) is 0 Å². The predicted molar refractivity (Wildman–Crippen MR) is 75.4 cm³/mol. The standard InChI is InChI=1S/C9H21NO6P2S/c1-6-2-7(5-19)4-10-8(6)3-9(17(11,12)13)18(14,15)16/h6-10,19H,2-5H2,1H3,(H2,11,12,13)(H2,14,15,16). The Kier molecular flexibility index (Phi) is 6.12. The Bertz CT molecular complexity index is 374. The molecule has 0 saturated carbocycles. The first-order valence-corrected chi connectivity index (χ1v) is 10.00. The summed E-state index contributed by atoms with van der Waals surface area (Å²) in [5.74, 6) is 1.18. The van der Waals surface area contributed by atoms with E-state index in [0.717, 1.165) is 6.42 Å². The summed E-state index contributed by atoms with van der Waals surface area (Å²) in [4.78, 5) is 36.4. The second-order valence-corrected chi connectivity index (χ2v) is 9.55. The van der Waals surface area contributed by atoms with E-state index >= 15 is 0 Å². The normalized spacial score (nSPS) is 29.7. The Morgan fingerprint density at radius 3 is 2.16 bits per heavy atom. The zero-order valence-electron chi connectivity index (χ0n) is 10.6. The molecule has 7 nitrogen and oxygen atoms in total. The highest BCUT2D eigenvalue weighted by Gasteiger charge is 2.45. The van der Waals surface area contributed by atoms with E-state index < -0.39 is 20.6 Å². The smallest absolute Gasteiger partial charge is 0.324 e. The summed E-state index contributed by atoms with van der Waals surface area (Å²) >= 11 is 4.21. The topological polar surface area (TPSA) is 127 Å². The van der Waals surface area contributed by atoms with Gasteiger partial charge in [-0.05, 0) is 37.0 Å². The Morgan fingerprint density at radius 1 is 1.26 bits per heavy atom. The maximum absolute atomic E-state index is 11.2. The largest absolute Gasteiger partial charge is 0.340 e. The molecule has 19 heavy (non-hydrogen) atoms. The van der Waals surface area contributed by atoms with Gasteiger partial charge in [0.2, 0.25) is 0 Å². The quantitative estimate of drug-likeness (QED) is 0.321. The average Bonchev–Trinajstić information content (AvgIpc) is 2.23. The molecule has 1 aliphatic heterocycles. The van der Waals surface area contributed by atoms with Gasteiger partial charge in [-0.2, -0.15) is 12.6 Å². The molecule has 0 aromatic heterocycles. The van der Waals surface area contributed by atoms with Gasteiger partial charge in [0.1, 0.15) is 0 Å². The van der Waals surface area contributed by atoms with Crippen molar-refractivity contribution in [3.63, 3.8) is 0 Å². The van der Waals surface area contributed by atoms with Gasteiger partial charge < -0.3 is 24.9 Å². The van der Waals surface area contributed by atoms with Gasteiger partial charge in [0, 0.05) is 6.04 Å². The summed E-state index contributed by atoms with van der Waals surface area (Å²) in [7, 11) is -9.66. The molecular weight excluding hydrogens is 312 g/mol. The molecule has 1 fully saturated rings. The Morgan fingerprint density at radius 2 is 1.79 bits per heavy atom. The summed E-state index contributed by atoms with van der Waals surface area (Å²) in [5, 5.41) is 1.19. The van der Waals surface area contributed by atoms with Gasteiger partial charge in [0.25, 0.3) is 0 Å². The van der Waals surface area contributed by atoms with E-state index in [0.29, 0.717) is 18.2 Å². The number of rotatable bonds is 5. The molecule has 0 radical (unpaired) electrons. The van der Waals surface area contributed by atoms with Crippen molar-refractivity contribution in [2.75, 3.05) is 12.3 Å². The van der Waals surface area contributed by atoms with Gasteiger partial charge in [-0.1, -0.05) is 6.92 Å². The van der Waals surface area contributed by atoms with E-state index in [4.69, 9.17) is 19.6 Å². The molecule has 5 N–H and O–H groups in total. The van der Waals surface area contributed by atoms with Crippen LogP contribution < -0.4 is 5.32 Å². The second-order valence-electron chi connectivity index (χ2n) is 5.17. The third kappa shape index (κ3) is 5.14. The van der Waals surface area contributed by atoms with Gasteiger partial charge >= 0.3 is 15.2 Å². The fourth-order valence-electron chi connectivity index (χ4n) is 2.45. The van der Waals surface area contributed by atoms with E-state index in [2.05, 4.69) is 17.9 Å². The summed E-state index contributed by atoms with van der Waals surface area (Å²) in [6.45, 7) is 2.55. The lowest BCUT2D eigenvalue weighted by Gasteiger charge is -2.36. The summed E-state index contributed by atoms with van der Waals surface area (Å²) in [6, 6.07) is -0.304. The number of thiol groups is 1. The molecule has 1 heterocycles. The molecule has 0 spiro atoms. The molecule has 1 saturated heterocycles. The summed E-state index contributed by atoms with van der Waals surface area (Å²) in [6.07, 6.45) is 0.602. The Balaban J connectivity index is 2.77. The average molecular weight is 333 g/mol. The predicted octanol–water partition coefficient (Wildman–Crippen LogP) is 0.602. The molecule has 3 atom stereocenters. The van der Waals surface area contributed by atoms with E-state index in [9.17, 15) is 9.13 Å². The first-order chi connectivity index (χ1) is 8.55. The van der Waals surface area contributed by atoms with Crippen molar-refractivity contribution in [1.29, 1.82) is 0 Å².